The van der Waals surface area contributed by atoms with Crippen LogP contribution in [0.25, 0.3) is 10.2 Å². The normalized spacial score (nSPS) is 15.2. The Hall–Kier alpha value is -2.65. The maximum absolute atomic E-state index is 13.3. The highest BCUT2D eigenvalue weighted by Gasteiger charge is 2.29. The Kier molecular flexibility index (Phi) is 6.01. The molecule has 3 aromatic carbocycles. The Balaban J connectivity index is 1.39. The largest absolute Gasteiger partial charge is 0.369 e. The maximum Gasteiger partial charge on any atom is 0.308 e. The fourth-order valence-corrected chi connectivity index (χ4v) is 6.78. The number of hydrogen-bond acceptors (Lipinski definition) is 5. The van der Waals surface area contributed by atoms with Crippen LogP contribution in [0.4, 0.5) is 5.69 Å². The van der Waals surface area contributed by atoms with Gasteiger partial charge in [-0.25, -0.2) is 8.42 Å². The first-order valence-corrected chi connectivity index (χ1v) is 13.2. The van der Waals surface area contributed by atoms with Crippen LogP contribution in [0.1, 0.15) is 5.56 Å². The van der Waals surface area contributed by atoms with Crippen molar-refractivity contribution in [1.82, 2.24) is 8.87 Å². The Morgan fingerprint density at radius 1 is 0.879 bits per heavy atom. The molecule has 1 aliphatic heterocycles. The SMILES string of the molecule is O=c1sc2cc(S(=O)(=O)N3CCN(c4ccccc4)CC3)ccc2n1Cc1ccccc1Cl. The van der Waals surface area contributed by atoms with Crippen LogP contribution in [0, 0.1) is 0 Å². The van der Waals surface area contributed by atoms with E-state index in [-0.39, 0.29) is 9.77 Å². The number of thiazole rings is 1. The first-order valence-electron chi connectivity index (χ1n) is 10.6. The topological polar surface area (TPSA) is 62.6 Å². The number of nitrogens with zero attached hydrogens (tertiary/aromatic N) is 3. The van der Waals surface area contributed by atoms with Crippen LogP contribution in [-0.4, -0.2) is 43.5 Å². The van der Waals surface area contributed by atoms with Crippen LogP contribution in [0.5, 0.6) is 0 Å². The second-order valence-corrected chi connectivity index (χ2v) is 11.2. The summed E-state index contributed by atoms with van der Waals surface area (Å²) >= 11 is 7.32. The van der Waals surface area contributed by atoms with Crippen molar-refractivity contribution in [2.24, 2.45) is 0 Å². The van der Waals surface area contributed by atoms with E-state index in [0.29, 0.717) is 48.0 Å². The molecule has 1 saturated heterocycles. The van der Waals surface area contributed by atoms with Gasteiger partial charge in [-0.1, -0.05) is 59.3 Å². The van der Waals surface area contributed by atoms with Gasteiger partial charge in [0.05, 0.1) is 21.7 Å². The summed E-state index contributed by atoms with van der Waals surface area (Å²) in [7, 11) is -3.65. The van der Waals surface area contributed by atoms with E-state index in [0.717, 1.165) is 22.6 Å². The monoisotopic (exact) mass is 499 g/mol. The van der Waals surface area contributed by atoms with Gasteiger partial charge in [-0.3, -0.25) is 9.36 Å². The molecule has 0 unspecified atom stereocenters. The minimum Gasteiger partial charge on any atom is -0.369 e. The van der Waals surface area contributed by atoms with Crippen LogP contribution in [0.2, 0.25) is 5.02 Å². The molecular weight excluding hydrogens is 478 g/mol. The van der Waals surface area contributed by atoms with Gasteiger partial charge in [0.1, 0.15) is 0 Å². The number of halogens is 1. The quantitative estimate of drug-likeness (QED) is 0.411. The van der Waals surface area contributed by atoms with Crippen molar-refractivity contribution in [2.75, 3.05) is 31.1 Å². The molecule has 1 aliphatic rings. The highest BCUT2D eigenvalue weighted by Crippen LogP contribution is 2.27. The van der Waals surface area contributed by atoms with Crippen LogP contribution in [0.3, 0.4) is 0 Å². The van der Waals surface area contributed by atoms with Gasteiger partial charge < -0.3 is 4.90 Å². The second-order valence-electron chi connectivity index (χ2n) is 7.90. The molecule has 0 spiro atoms. The van der Waals surface area contributed by atoms with Gasteiger partial charge in [0.2, 0.25) is 10.0 Å². The predicted molar refractivity (Wildman–Crippen MR) is 134 cm³/mol. The van der Waals surface area contributed by atoms with Gasteiger partial charge in [0.15, 0.2) is 0 Å². The molecule has 0 saturated carbocycles. The van der Waals surface area contributed by atoms with Gasteiger partial charge in [-0.15, -0.1) is 0 Å². The standard InChI is InChI=1S/C24H22ClN3O3S2/c25-21-9-5-4-6-18(21)17-28-22-11-10-20(16-23(22)32-24(28)29)33(30,31)27-14-12-26(13-15-27)19-7-2-1-3-8-19/h1-11,16H,12-15,17H2. The van der Waals surface area contributed by atoms with Gasteiger partial charge >= 0.3 is 4.87 Å². The lowest BCUT2D eigenvalue weighted by molar-refractivity contribution is 0.385. The fraction of sp³-hybridized carbons (Fsp3) is 0.208. The molecular formula is C24H22ClN3O3S2. The van der Waals surface area contributed by atoms with Crippen molar-refractivity contribution < 1.29 is 8.42 Å². The Morgan fingerprint density at radius 2 is 1.58 bits per heavy atom. The number of aromatic nitrogens is 1. The molecule has 4 aromatic rings. The summed E-state index contributed by atoms with van der Waals surface area (Å²) in [6, 6.07) is 22.3. The maximum atomic E-state index is 13.3. The third-order valence-electron chi connectivity index (χ3n) is 5.92. The van der Waals surface area contributed by atoms with Crippen molar-refractivity contribution in [2.45, 2.75) is 11.4 Å². The minimum absolute atomic E-state index is 0.143. The number of rotatable bonds is 5. The van der Waals surface area contributed by atoms with E-state index in [2.05, 4.69) is 4.90 Å². The number of anilines is 1. The molecule has 9 heteroatoms. The number of fused-ring (bicyclic) bond motifs is 1. The number of sulfonamides is 1. The molecule has 0 N–H and O–H groups in total. The molecule has 33 heavy (non-hydrogen) atoms. The summed E-state index contributed by atoms with van der Waals surface area (Å²) in [5.41, 5.74) is 2.65. The number of para-hydroxylation sites is 1. The molecule has 0 amide bonds. The van der Waals surface area contributed by atoms with Gasteiger partial charge in [0.25, 0.3) is 0 Å². The number of hydrogen-bond donors (Lipinski definition) is 0. The number of benzene rings is 3. The summed E-state index contributed by atoms with van der Waals surface area (Å²) in [5, 5.41) is 0.595. The lowest BCUT2D eigenvalue weighted by Gasteiger charge is -2.35. The molecule has 0 radical (unpaired) electrons. The second kappa shape index (κ2) is 8.95. The van der Waals surface area contributed by atoms with E-state index in [1.165, 1.54) is 4.31 Å². The molecule has 1 fully saturated rings. The third kappa shape index (κ3) is 4.31. The molecule has 170 valence electrons. The van der Waals surface area contributed by atoms with Crippen molar-refractivity contribution in [3.8, 4) is 0 Å². The van der Waals surface area contributed by atoms with E-state index in [4.69, 9.17) is 11.6 Å². The molecule has 6 nitrogen and oxygen atoms in total. The molecule has 0 aliphatic carbocycles. The third-order valence-corrected chi connectivity index (χ3v) is 9.13. The molecule has 5 rings (SSSR count). The summed E-state index contributed by atoms with van der Waals surface area (Å²) < 4.78 is 30.4. The van der Waals surface area contributed by atoms with Crippen molar-refractivity contribution in [1.29, 1.82) is 0 Å². The van der Waals surface area contributed by atoms with Gasteiger partial charge in [0, 0.05) is 36.9 Å². The predicted octanol–water partition coefficient (Wildman–Crippen LogP) is 4.28. The average molecular weight is 500 g/mol. The summed E-state index contributed by atoms with van der Waals surface area (Å²) in [6.45, 7) is 2.43. The van der Waals surface area contributed by atoms with E-state index in [1.807, 2.05) is 48.5 Å². The summed E-state index contributed by atoms with van der Waals surface area (Å²) in [5.74, 6) is 0. The highest BCUT2D eigenvalue weighted by molar-refractivity contribution is 7.89. The van der Waals surface area contributed by atoms with Crippen LogP contribution in [-0.2, 0) is 16.6 Å². The van der Waals surface area contributed by atoms with Crippen LogP contribution < -0.4 is 9.77 Å². The minimum atomic E-state index is -3.65. The molecule has 0 bridgehead atoms. The zero-order chi connectivity index (χ0) is 23.0. The van der Waals surface area contributed by atoms with E-state index >= 15 is 0 Å². The Bertz CT molecular complexity index is 1460. The van der Waals surface area contributed by atoms with E-state index < -0.39 is 10.0 Å². The molecule has 2 heterocycles. The first-order chi connectivity index (χ1) is 15.9. The fourth-order valence-electron chi connectivity index (χ4n) is 4.13. The van der Waals surface area contributed by atoms with Gasteiger partial charge in [-0.2, -0.15) is 4.31 Å². The molecule has 0 atom stereocenters. The lowest BCUT2D eigenvalue weighted by atomic mass is 10.2. The van der Waals surface area contributed by atoms with Crippen molar-refractivity contribution >= 4 is 48.9 Å². The van der Waals surface area contributed by atoms with Crippen LogP contribution >= 0.6 is 22.9 Å². The van der Waals surface area contributed by atoms with Crippen molar-refractivity contribution in [3.05, 3.63) is 93.0 Å². The Labute approximate surface area is 201 Å². The Morgan fingerprint density at radius 3 is 2.30 bits per heavy atom. The van der Waals surface area contributed by atoms with E-state index in [9.17, 15) is 13.2 Å². The smallest absolute Gasteiger partial charge is 0.308 e. The van der Waals surface area contributed by atoms with Crippen molar-refractivity contribution in [3.63, 3.8) is 0 Å². The van der Waals surface area contributed by atoms with Crippen LogP contribution in [0.15, 0.2) is 82.5 Å². The highest BCUT2D eigenvalue weighted by atomic mass is 35.5. The number of piperazine rings is 1. The summed E-state index contributed by atoms with van der Waals surface area (Å²) in [4.78, 5) is 14.9. The zero-order valence-electron chi connectivity index (χ0n) is 17.7. The lowest BCUT2D eigenvalue weighted by Crippen LogP contribution is -2.48. The zero-order valence-corrected chi connectivity index (χ0v) is 20.1. The average Bonchev–Trinajstić information content (AvgIpc) is 3.15. The summed E-state index contributed by atoms with van der Waals surface area (Å²) in [6.07, 6.45) is 0. The van der Waals surface area contributed by atoms with Gasteiger partial charge in [-0.05, 0) is 42.0 Å². The first kappa shape index (κ1) is 22.2. The van der Waals surface area contributed by atoms with E-state index in [1.54, 1.807) is 28.8 Å². The molecule has 1 aromatic heterocycles.